The lowest BCUT2D eigenvalue weighted by atomic mass is 9.91. The maximum Gasteiger partial charge on any atom is 0.253 e. The summed E-state index contributed by atoms with van der Waals surface area (Å²) in [5, 5.41) is 3.17. The Kier molecular flexibility index (Phi) is 6.17. The number of carbonyl (C=O) groups is 1. The molecule has 0 radical (unpaired) electrons. The van der Waals surface area contributed by atoms with Gasteiger partial charge in [0, 0.05) is 38.3 Å². The van der Waals surface area contributed by atoms with Crippen molar-refractivity contribution in [2.24, 2.45) is 17.8 Å². The summed E-state index contributed by atoms with van der Waals surface area (Å²) in [5.74, 6) is 1.81. The van der Waals surface area contributed by atoms with Crippen molar-refractivity contribution < 1.29 is 4.79 Å². The molecule has 0 aromatic heterocycles. The first-order chi connectivity index (χ1) is 14.8. The molecule has 31 heavy (non-hydrogen) atoms. The molecule has 2 fully saturated rings. The summed E-state index contributed by atoms with van der Waals surface area (Å²) in [6, 6.07) is 7.56. The van der Waals surface area contributed by atoms with Gasteiger partial charge in [-0.15, -0.1) is 0 Å². The van der Waals surface area contributed by atoms with Crippen LogP contribution in [0, 0.1) is 17.8 Å². The summed E-state index contributed by atoms with van der Waals surface area (Å²) in [6.07, 6.45) is 3.26. The van der Waals surface area contributed by atoms with E-state index in [4.69, 9.17) is 0 Å². The molecule has 2 atom stereocenters. The Balaban J connectivity index is 1.38. The summed E-state index contributed by atoms with van der Waals surface area (Å²) in [5.41, 5.74) is 1.87. The van der Waals surface area contributed by atoms with Crippen LogP contribution in [0.3, 0.4) is 0 Å². The Morgan fingerprint density at radius 1 is 0.935 bits per heavy atom. The van der Waals surface area contributed by atoms with Crippen molar-refractivity contribution in [1.29, 1.82) is 0 Å². The maximum absolute atomic E-state index is 12.9. The predicted octanol–water partition coefficient (Wildman–Crippen LogP) is 3.25. The third-order valence-corrected chi connectivity index (χ3v) is 6.81. The molecule has 6 heteroatoms. The normalized spacial score (nSPS) is 22.7. The van der Waals surface area contributed by atoms with Gasteiger partial charge in [0.2, 0.25) is 0 Å². The van der Waals surface area contributed by atoms with Gasteiger partial charge < -0.3 is 15.1 Å². The average molecular weight is 424 g/mol. The highest BCUT2D eigenvalue weighted by molar-refractivity contribution is 5.94. The Morgan fingerprint density at radius 3 is 2.16 bits per heavy atom. The first kappa shape index (κ1) is 21.6. The minimum atomic E-state index is -0.422. The van der Waals surface area contributed by atoms with E-state index in [1.54, 1.807) is 0 Å². The number of nitrogens with zero attached hydrogens (tertiary/aromatic N) is 2. The van der Waals surface area contributed by atoms with E-state index in [1.807, 2.05) is 29.2 Å². The summed E-state index contributed by atoms with van der Waals surface area (Å²) in [6.45, 7) is 10.4. The Labute approximate surface area is 183 Å². The van der Waals surface area contributed by atoms with Crippen LogP contribution < -0.4 is 21.1 Å². The van der Waals surface area contributed by atoms with Crippen LogP contribution in [0.1, 0.15) is 56.0 Å². The van der Waals surface area contributed by atoms with E-state index in [1.165, 1.54) is 6.42 Å². The van der Waals surface area contributed by atoms with Gasteiger partial charge in [-0.25, -0.2) is 0 Å². The van der Waals surface area contributed by atoms with Crippen LogP contribution >= 0.6 is 0 Å². The number of hydrogen-bond donors (Lipinski definition) is 1. The van der Waals surface area contributed by atoms with E-state index >= 15 is 0 Å². The Morgan fingerprint density at radius 2 is 1.55 bits per heavy atom. The van der Waals surface area contributed by atoms with E-state index in [0.717, 1.165) is 44.6 Å². The molecule has 4 rings (SSSR count). The van der Waals surface area contributed by atoms with Crippen LogP contribution in [0.5, 0.6) is 0 Å². The largest absolute Gasteiger partial charge is 0.376 e. The lowest BCUT2D eigenvalue weighted by molar-refractivity contribution is 0.0623. The zero-order valence-electron chi connectivity index (χ0n) is 18.8. The number of nitrogens with one attached hydrogen (secondary N) is 1. The molecule has 2 saturated heterocycles. The van der Waals surface area contributed by atoms with Crippen LogP contribution in [0.15, 0.2) is 33.9 Å². The first-order valence-corrected chi connectivity index (χ1v) is 11.5. The molecule has 1 N–H and O–H groups in total. The molecule has 2 heterocycles. The summed E-state index contributed by atoms with van der Waals surface area (Å²) in [7, 11) is 0. The fourth-order valence-electron chi connectivity index (χ4n) is 5.04. The van der Waals surface area contributed by atoms with Gasteiger partial charge in [-0.2, -0.15) is 0 Å². The molecule has 0 aliphatic carbocycles. The highest BCUT2D eigenvalue weighted by atomic mass is 16.2. The van der Waals surface area contributed by atoms with Crippen LogP contribution in [0.4, 0.5) is 11.4 Å². The smallest absolute Gasteiger partial charge is 0.253 e. The van der Waals surface area contributed by atoms with Crippen LogP contribution in [0.25, 0.3) is 0 Å². The van der Waals surface area contributed by atoms with E-state index in [2.05, 4.69) is 31.0 Å². The summed E-state index contributed by atoms with van der Waals surface area (Å²) < 4.78 is 0. The fourth-order valence-corrected chi connectivity index (χ4v) is 5.04. The molecule has 2 aliphatic rings. The molecule has 0 unspecified atom stereocenters. The van der Waals surface area contributed by atoms with E-state index in [-0.39, 0.29) is 11.3 Å². The van der Waals surface area contributed by atoms with Crippen molar-refractivity contribution in [3.05, 3.63) is 55.8 Å². The molecule has 0 bridgehead atoms. The highest BCUT2D eigenvalue weighted by Crippen LogP contribution is 2.27. The fraction of sp³-hybridized carbons (Fsp3) is 0.560. The van der Waals surface area contributed by atoms with E-state index < -0.39 is 5.43 Å². The number of benzene rings is 1. The van der Waals surface area contributed by atoms with Gasteiger partial charge in [0.1, 0.15) is 11.4 Å². The van der Waals surface area contributed by atoms with Gasteiger partial charge in [-0.3, -0.25) is 14.4 Å². The SMILES string of the molecule is CC1CCN(c2c(NCc3ccc(C(=O)N4C[C@@H](C)C[C@H](C)C4)cc3)c(=O)c2=O)CC1. The highest BCUT2D eigenvalue weighted by Gasteiger charge is 2.28. The number of piperidine rings is 2. The molecule has 0 saturated carbocycles. The van der Waals surface area contributed by atoms with Gasteiger partial charge >= 0.3 is 0 Å². The van der Waals surface area contributed by atoms with Gasteiger partial charge in [0.15, 0.2) is 0 Å². The van der Waals surface area contributed by atoms with Crippen molar-refractivity contribution >= 4 is 17.3 Å². The second-order valence-corrected chi connectivity index (χ2v) is 9.76. The third-order valence-electron chi connectivity index (χ3n) is 6.81. The van der Waals surface area contributed by atoms with Gasteiger partial charge in [0.25, 0.3) is 16.8 Å². The molecular formula is C25H33N3O3. The van der Waals surface area contributed by atoms with Crippen molar-refractivity contribution in [2.45, 2.75) is 46.6 Å². The quantitative estimate of drug-likeness (QED) is 0.748. The average Bonchev–Trinajstić information content (AvgIpc) is 2.76. The molecule has 2 aliphatic heterocycles. The van der Waals surface area contributed by atoms with Gasteiger partial charge in [-0.1, -0.05) is 32.9 Å². The molecule has 2 aromatic rings. The van der Waals surface area contributed by atoms with Crippen molar-refractivity contribution in [3.8, 4) is 0 Å². The molecule has 1 amide bonds. The van der Waals surface area contributed by atoms with E-state index in [9.17, 15) is 14.4 Å². The predicted molar refractivity (Wildman–Crippen MR) is 125 cm³/mol. The zero-order valence-corrected chi connectivity index (χ0v) is 18.8. The van der Waals surface area contributed by atoms with Crippen molar-refractivity contribution in [1.82, 2.24) is 4.90 Å². The monoisotopic (exact) mass is 423 g/mol. The summed E-state index contributed by atoms with van der Waals surface area (Å²) >= 11 is 0. The molecule has 2 aromatic carbocycles. The molecule has 6 nitrogen and oxygen atoms in total. The van der Waals surface area contributed by atoms with Crippen molar-refractivity contribution in [3.63, 3.8) is 0 Å². The van der Waals surface area contributed by atoms with E-state index in [0.29, 0.717) is 41.2 Å². The number of carbonyl (C=O) groups excluding carboxylic acids is 1. The number of likely N-dealkylation sites (tertiary alicyclic amines) is 1. The van der Waals surface area contributed by atoms with Crippen LogP contribution in [0.2, 0.25) is 0 Å². The minimum Gasteiger partial charge on any atom is -0.376 e. The second-order valence-electron chi connectivity index (χ2n) is 9.76. The summed E-state index contributed by atoms with van der Waals surface area (Å²) in [4.78, 5) is 41.1. The standard InChI is InChI=1S/C25H33N3O3/c1-16-8-10-27(11-9-16)22-21(23(29)24(22)30)26-13-19-4-6-20(7-5-19)25(31)28-14-17(2)12-18(3)15-28/h4-7,16-18,26H,8-15H2,1-3H3/t17-,18-/m0/s1. The number of anilines is 2. The first-order valence-electron chi connectivity index (χ1n) is 11.5. The van der Waals surface area contributed by atoms with Crippen LogP contribution in [-0.4, -0.2) is 37.0 Å². The number of rotatable bonds is 5. The lowest BCUT2D eigenvalue weighted by Crippen LogP contribution is -2.45. The second kappa shape index (κ2) is 8.85. The van der Waals surface area contributed by atoms with Gasteiger partial charge in [-0.05, 0) is 54.7 Å². The number of amides is 1. The molecule has 166 valence electrons. The van der Waals surface area contributed by atoms with Crippen molar-refractivity contribution in [2.75, 3.05) is 36.4 Å². The molecule has 0 spiro atoms. The molecular weight excluding hydrogens is 390 g/mol. The van der Waals surface area contributed by atoms with Crippen LogP contribution in [-0.2, 0) is 6.54 Å². The Bertz CT molecular complexity index is 988. The Hall–Kier alpha value is -2.63. The maximum atomic E-state index is 12.9. The zero-order chi connectivity index (χ0) is 22.1. The lowest BCUT2D eigenvalue weighted by Gasteiger charge is -2.35. The van der Waals surface area contributed by atoms with Gasteiger partial charge in [0.05, 0.1) is 0 Å². The number of hydrogen-bond acceptors (Lipinski definition) is 5. The third kappa shape index (κ3) is 4.53. The topological polar surface area (TPSA) is 69.7 Å². The minimum absolute atomic E-state index is 0.0852.